The lowest BCUT2D eigenvalue weighted by Crippen LogP contribution is -2.35. The van der Waals surface area contributed by atoms with E-state index in [0.717, 1.165) is 37.4 Å². The molecule has 1 aliphatic rings. The van der Waals surface area contributed by atoms with Crippen LogP contribution in [0.1, 0.15) is 52.4 Å². The van der Waals surface area contributed by atoms with Crippen molar-refractivity contribution in [2.75, 3.05) is 13.1 Å². The lowest BCUT2D eigenvalue weighted by molar-refractivity contribution is 0.253. The van der Waals surface area contributed by atoms with Gasteiger partial charge in [0.2, 0.25) is 0 Å². The molecule has 2 nitrogen and oxygen atoms in total. The van der Waals surface area contributed by atoms with E-state index in [2.05, 4.69) is 19.2 Å². The first-order valence-electron chi connectivity index (χ1n) is 6.65. The van der Waals surface area contributed by atoms with E-state index in [9.17, 15) is 0 Å². The van der Waals surface area contributed by atoms with Crippen LogP contribution in [0.4, 0.5) is 0 Å². The average molecular weight is 212 g/mol. The largest absolute Gasteiger partial charge is 0.330 e. The second kappa shape index (κ2) is 7.24. The normalized spacial score (nSPS) is 27.2. The first-order chi connectivity index (χ1) is 7.22. The Morgan fingerprint density at radius 1 is 1.33 bits per heavy atom. The first-order valence-corrected chi connectivity index (χ1v) is 6.65. The van der Waals surface area contributed by atoms with Gasteiger partial charge >= 0.3 is 0 Å². The lowest BCUT2D eigenvalue weighted by atomic mass is 9.81. The van der Waals surface area contributed by atoms with Gasteiger partial charge in [0.1, 0.15) is 0 Å². The van der Waals surface area contributed by atoms with Crippen LogP contribution >= 0.6 is 0 Å². The van der Waals surface area contributed by atoms with E-state index in [1.807, 2.05) is 0 Å². The molecule has 1 fully saturated rings. The summed E-state index contributed by atoms with van der Waals surface area (Å²) in [6.45, 7) is 6.60. The number of rotatable bonds is 6. The van der Waals surface area contributed by atoms with E-state index in [0.29, 0.717) is 0 Å². The summed E-state index contributed by atoms with van der Waals surface area (Å²) in [5, 5.41) is 3.65. The minimum absolute atomic E-state index is 0.772. The first kappa shape index (κ1) is 13.0. The van der Waals surface area contributed by atoms with Crippen LogP contribution in [0, 0.1) is 11.8 Å². The minimum Gasteiger partial charge on any atom is -0.330 e. The molecule has 0 saturated heterocycles. The Morgan fingerprint density at radius 2 is 2.13 bits per heavy atom. The number of hydrogen-bond acceptors (Lipinski definition) is 2. The van der Waals surface area contributed by atoms with Gasteiger partial charge in [-0.1, -0.05) is 26.7 Å². The van der Waals surface area contributed by atoms with Crippen LogP contribution in [0.2, 0.25) is 0 Å². The molecule has 0 aliphatic heterocycles. The highest BCUT2D eigenvalue weighted by Crippen LogP contribution is 2.29. The summed E-state index contributed by atoms with van der Waals surface area (Å²) in [7, 11) is 0. The average Bonchev–Trinajstić information content (AvgIpc) is 2.18. The molecular weight excluding hydrogens is 184 g/mol. The maximum absolute atomic E-state index is 5.50. The van der Waals surface area contributed by atoms with E-state index in [4.69, 9.17) is 5.73 Å². The molecule has 0 heterocycles. The molecule has 1 saturated carbocycles. The molecule has 90 valence electrons. The summed E-state index contributed by atoms with van der Waals surface area (Å²) < 4.78 is 0. The van der Waals surface area contributed by atoms with Gasteiger partial charge in [-0.05, 0) is 50.6 Å². The van der Waals surface area contributed by atoms with Gasteiger partial charge in [-0.3, -0.25) is 0 Å². The van der Waals surface area contributed by atoms with Crippen molar-refractivity contribution in [3.8, 4) is 0 Å². The fraction of sp³-hybridized carbons (Fsp3) is 1.00. The summed E-state index contributed by atoms with van der Waals surface area (Å²) in [6, 6.07) is 0.772. The van der Waals surface area contributed by atoms with Crippen molar-refractivity contribution >= 4 is 0 Å². The van der Waals surface area contributed by atoms with Gasteiger partial charge in [-0.2, -0.15) is 0 Å². The second-order valence-corrected chi connectivity index (χ2v) is 5.46. The third-order valence-electron chi connectivity index (χ3n) is 3.40. The molecule has 0 spiro atoms. The topological polar surface area (TPSA) is 38.0 Å². The van der Waals surface area contributed by atoms with Gasteiger partial charge < -0.3 is 11.1 Å². The molecule has 0 amide bonds. The summed E-state index contributed by atoms with van der Waals surface area (Å²) in [5.41, 5.74) is 5.50. The number of hydrogen-bond donors (Lipinski definition) is 2. The molecule has 0 aromatic heterocycles. The Bertz CT molecular complexity index is 157. The van der Waals surface area contributed by atoms with Crippen LogP contribution in [0.5, 0.6) is 0 Å². The zero-order chi connectivity index (χ0) is 11.1. The highest BCUT2D eigenvalue weighted by Gasteiger charge is 2.21. The molecule has 2 atom stereocenters. The van der Waals surface area contributed by atoms with Crippen molar-refractivity contribution in [3.63, 3.8) is 0 Å². The summed E-state index contributed by atoms with van der Waals surface area (Å²) in [4.78, 5) is 0. The summed E-state index contributed by atoms with van der Waals surface area (Å²) in [5.74, 6) is 1.83. The van der Waals surface area contributed by atoms with E-state index in [1.165, 1.54) is 32.1 Å². The van der Waals surface area contributed by atoms with Crippen LogP contribution in [-0.2, 0) is 0 Å². The van der Waals surface area contributed by atoms with Crippen molar-refractivity contribution < 1.29 is 0 Å². The molecule has 1 aliphatic carbocycles. The molecule has 0 radical (unpaired) electrons. The van der Waals surface area contributed by atoms with Crippen molar-refractivity contribution in [2.45, 2.75) is 58.4 Å². The highest BCUT2D eigenvalue weighted by molar-refractivity contribution is 4.78. The van der Waals surface area contributed by atoms with Crippen LogP contribution < -0.4 is 11.1 Å². The van der Waals surface area contributed by atoms with E-state index >= 15 is 0 Å². The maximum Gasteiger partial charge on any atom is 0.00697 e. The zero-order valence-electron chi connectivity index (χ0n) is 10.5. The Hall–Kier alpha value is -0.0800. The molecule has 15 heavy (non-hydrogen) atoms. The van der Waals surface area contributed by atoms with Gasteiger partial charge in [0.05, 0.1) is 0 Å². The van der Waals surface area contributed by atoms with Crippen LogP contribution in [0.25, 0.3) is 0 Å². The quantitative estimate of drug-likeness (QED) is 0.664. The van der Waals surface area contributed by atoms with Crippen molar-refractivity contribution in [1.82, 2.24) is 5.32 Å². The minimum atomic E-state index is 0.772. The summed E-state index contributed by atoms with van der Waals surface area (Å²) >= 11 is 0. The predicted octanol–water partition coefficient (Wildman–Crippen LogP) is 2.53. The Balaban J connectivity index is 2.17. The smallest absolute Gasteiger partial charge is 0.00697 e. The van der Waals surface area contributed by atoms with Crippen LogP contribution in [0.3, 0.4) is 0 Å². The fourth-order valence-corrected chi connectivity index (χ4v) is 2.77. The monoisotopic (exact) mass is 212 g/mol. The summed E-state index contributed by atoms with van der Waals surface area (Å²) in [6.07, 6.45) is 8.16. The third kappa shape index (κ3) is 5.53. The molecule has 0 aromatic carbocycles. The molecule has 0 bridgehead atoms. The van der Waals surface area contributed by atoms with Crippen LogP contribution in [0.15, 0.2) is 0 Å². The van der Waals surface area contributed by atoms with Gasteiger partial charge in [0.15, 0.2) is 0 Å². The van der Waals surface area contributed by atoms with Gasteiger partial charge in [-0.25, -0.2) is 0 Å². The SMILES string of the molecule is CC(C)CC1CCCC(NCCCN)C1. The predicted molar refractivity (Wildman–Crippen MR) is 66.9 cm³/mol. The third-order valence-corrected chi connectivity index (χ3v) is 3.40. The second-order valence-electron chi connectivity index (χ2n) is 5.46. The number of nitrogens with two attached hydrogens (primary N) is 1. The number of nitrogens with one attached hydrogen (secondary N) is 1. The van der Waals surface area contributed by atoms with E-state index in [1.54, 1.807) is 0 Å². The zero-order valence-corrected chi connectivity index (χ0v) is 10.5. The molecule has 3 N–H and O–H groups in total. The molecule has 2 unspecified atom stereocenters. The molecule has 1 rings (SSSR count). The highest BCUT2D eigenvalue weighted by atomic mass is 14.9. The standard InChI is InChI=1S/C13H28N2/c1-11(2)9-12-5-3-6-13(10-12)15-8-4-7-14/h11-13,15H,3-10,14H2,1-2H3. The van der Waals surface area contributed by atoms with E-state index < -0.39 is 0 Å². The fourth-order valence-electron chi connectivity index (χ4n) is 2.77. The van der Waals surface area contributed by atoms with E-state index in [-0.39, 0.29) is 0 Å². The lowest BCUT2D eigenvalue weighted by Gasteiger charge is -2.30. The van der Waals surface area contributed by atoms with Gasteiger partial charge in [0.25, 0.3) is 0 Å². The van der Waals surface area contributed by atoms with Crippen molar-refractivity contribution in [2.24, 2.45) is 17.6 Å². The molecular formula is C13H28N2. The Kier molecular flexibility index (Phi) is 6.26. The van der Waals surface area contributed by atoms with Crippen molar-refractivity contribution in [3.05, 3.63) is 0 Å². The molecule has 0 aromatic rings. The maximum atomic E-state index is 5.50. The Morgan fingerprint density at radius 3 is 2.80 bits per heavy atom. The van der Waals surface area contributed by atoms with Gasteiger partial charge in [0, 0.05) is 6.04 Å². The van der Waals surface area contributed by atoms with Crippen LogP contribution in [-0.4, -0.2) is 19.1 Å². The van der Waals surface area contributed by atoms with Gasteiger partial charge in [-0.15, -0.1) is 0 Å². The van der Waals surface area contributed by atoms with Crippen molar-refractivity contribution in [1.29, 1.82) is 0 Å². The molecule has 2 heteroatoms. The Labute approximate surface area is 95.0 Å².